The number of hydrogen-bond donors (Lipinski definition) is 2. The summed E-state index contributed by atoms with van der Waals surface area (Å²) in [7, 11) is 3.19. The first-order chi connectivity index (χ1) is 19.4. The lowest BCUT2D eigenvalue weighted by molar-refractivity contribution is -0.141. The van der Waals surface area contributed by atoms with Gasteiger partial charge in [-0.2, -0.15) is 0 Å². The zero-order valence-electron chi connectivity index (χ0n) is 27.4. The van der Waals surface area contributed by atoms with Crippen molar-refractivity contribution in [3.05, 3.63) is 16.1 Å². The van der Waals surface area contributed by atoms with Crippen LogP contribution in [-0.4, -0.2) is 88.2 Å². The smallest absolute Gasteiger partial charge is 0.410 e. The molecule has 0 saturated carbocycles. The number of amides is 3. The fourth-order valence-corrected chi connectivity index (χ4v) is 5.41. The summed E-state index contributed by atoms with van der Waals surface area (Å²) in [6.45, 7) is 18.6. The topological polar surface area (TPSA) is 138 Å². The lowest BCUT2D eigenvalue weighted by Gasteiger charge is -2.38. The summed E-state index contributed by atoms with van der Waals surface area (Å²) in [5, 5.41) is 15.8. The van der Waals surface area contributed by atoms with Gasteiger partial charge in [-0.1, -0.05) is 48.0 Å². The number of carbonyl (C=O) groups is 4. The second-order valence-electron chi connectivity index (χ2n) is 12.5. The van der Waals surface area contributed by atoms with Gasteiger partial charge in [0.2, 0.25) is 11.8 Å². The molecule has 0 radical (unpaired) electrons. The molecular weight excluding hydrogens is 560 g/mol. The highest BCUT2D eigenvalue weighted by Gasteiger charge is 2.38. The maximum Gasteiger partial charge on any atom is 0.410 e. The number of ether oxygens (including phenoxy) is 2. The van der Waals surface area contributed by atoms with E-state index in [1.165, 1.54) is 11.9 Å². The molecule has 240 valence electrons. The summed E-state index contributed by atoms with van der Waals surface area (Å²) in [5.41, 5.74) is -0.589. The van der Waals surface area contributed by atoms with Crippen molar-refractivity contribution in [2.24, 2.45) is 17.8 Å². The van der Waals surface area contributed by atoms with Gasteiger partial charge < -0.3 is 24.8 Å². The molecule has 1 heterocycles. The molecule has 1 aromatic rings. The summed E-state index contributed by atoms with van der Waals surface area (Å²) in [4.78, 5) is 59.4. The van der Waals surface area contributed by atoms with Crippen molar-refractivity contribution in [2.75, 3.05) is 20.7 Å². The average molecular weight is 613 g/mol. The Labute approximate surface area is 255 Å². The molecule has 11 nitrogen and oxygen atoms in total. The van der Waals surface area contributed by atoms with Gasteiger partial charge in [0.1, 0.15) is 28.8 Å². The van der Waals surface area contributed by atoms with Gasteiger partial charge in [-0.3, -0.25) is 14.5 Å². The Bertz CT molecular complexity index is 1050. The molecule has 0 saturated heterocycles. The number of nitrogens with one attached hydrogen (secondary N) is 1. The van der Waals surface area contributed by atoms with Gasteiger partial charge in [0, 0.05) is 31.9 Å². The van der Waals surface area contributed by atoms with E-state index < -0.39 is 47.8 Å². The Hall–Kier alpha value is -2.73. The maximum atomic E-state index is 13.9. The summed E-state index contributed by atoms with van der Waals surface area (Å²) in [6.07, 6.45) is -0.816. The highest BCUT2D eigenvalue weighted by atomic mass is 32.1. The third-order valence-corrected chi connectivity index (χ3v) is 8.09. The lowest BCUT2D eigenvalue weighted by Crippen LogP contribution is -2.59. The van der Waals surface area contributed by atoms with Gasteiger partial charge in [-0.15, -0.1) is 11.3 Å². The number of esters is 1. The molecule has 5 atom stereocenters. The second kappa shape index (κ2) is 16.2. The van der Waals surface area contributed by atoms with Gasteiger partial charge >= 0.3 is 12.1 Å². The molecule has 12 heteroatoms. The first kappa shape index (κ1) is 37.3. The quantitative estimate of drug-likeness (QED) is 0.290. The molecule has 0 fully saturated rings. The van der Waals surface area contributed by atoms with Crippen LogP contribution in [0.25, 0.3) is 0 Å². The van der Waals surface area contributed by atoms with Crippen molar-refractivity contribution in [3.8, 4) is 0 Å². The SMILES string of the molecule is CCOC(=O)c1csc([C@H](O)C[C@H](C(C)C)N(C)C(=O)[C@@H](NC(=O)[C@@H](C(C)C)N(C)C(=O)OC(C)(C)C)C(C)CC)n1. The van der Waals surface area contributed by atoms with Gasteiger partial charge in [-0.25, -0.2) is 14.6 Å². The van der Waals surface area contributed by atoms with E-state index >= 15 is 0 Å². The number of likely N-dealkylation sites (N-methyl/N-ethyl adjacent to an activating group) is 2. The Kier molecular flexibility index (Phi) is 14.4. The van der Waals surface area contributed by atoms with Crippen LogP contribution < -0.4 is 5.32 Å². The van der Waals surface area contributed by atoms with E-state index in [-0.39, 0.29) is 42.4 Å². The lowest BCUT2D eigenvalue weighted by atomic mass is 9.92. The van der Waals surface area contributed by atoms with Crippen molar-refractivity contribution in [2.45, 2.75) is 112 Å². The molecule has 42 heavy (non-hydrogen) atoms. The molecule has 0 aliphatic carbocycles. The number of nitrogens with zero attached hydrogens (tertiary/aromatic N) is 3. The number of aromatic nitrogens is 1. The van der Waals surface area contributed by atoms with Crippen LogP contribution in [0.3, 0.4) is 0 Å². The summed E-state index contributed by atoms with van der Waals surface area (Å²) < 4.78 is 10.5. The van der Waals surface area contributed by atoms with E-state index in [2.05, 4.69) is 10.3 Å². The van der Waals surface area contributed by atoms with E-state index in [0.717, 1.165) is 11.3 Å². The van der Waals surface area contributed by atoms with Crippen molar-refractivity contribution in [1.82, 2.24) is 20.1 Å². The van der Waals surface area contributed by atoms with Crippen LogP contribution in [0.4, 0.5) is 4.79 Å². The Morgan fingerprint density at radius 2 is 1.62 bits per heavy atom. The van der Waals surface area contributed by atoms with Gasteiger partial charge in [0.05, 0.1) is 6.61 Å². The number of aliphatic hydroxyl groups excluding tert-OH is 1. The minimum Gasteiger partial charge on any atom is -0.461 e. The Morgan fingerprint density at radius 1 is 1.02 bits per heavy atom. The van der Waals surface area contributed by atoms with Crippen LogP contribution in [0.5, 0.6) is 0 Å². The van der Waals surface area contributed by atoms with Crippen LogP contribution in [-0.2, 0) is 19.1 Å². The fraction of sp³-hybridized carbons (Fsp3) is 0.767. The van der Waals surface area contributed by atoms with E-state index in [0.29, 0.717) is 11.4 Å². The molecule has 0 bridgehead atoms. The van der Waals surface area contributed by atoms with E-state index in [1.54, 1.807) is 45.0 Å². The normalized spacial score (nSPS) is 15.4. The molecular formula is C30H52N4O7S. The minimum absolute atomic E-state index is 0.0342. The monoisotopic (exact) mass is 612 g/mol. The standard InChI is InChI=1S/C30H52N4O7S/c1-13-19(7)23(32-25(36)24(18(5)6)34(12)29(39)41-30(8,9)10)27(37)33(11)21(17(3)4)15-22(35)26-31-20(16-42-26)28(38)40-14-2/h16-19,21-24,35H,13-15H2,1-12H3,(H,32,36)/t19?,21-,22-,23+,24-/m1/s1. The fourth-order valence-electron chi connectivity index (χ4n) is 4.62. The molecule has 2 N–H and O–H groups in total. The molecule has 1 unspecified atom stereocenters. The average Bonchev–Trinajstić information content (AvgIpc) is 3.38. The molecule has 1 aromatic heterocycles. The molecule has 3 amide bonds. The zero-order chi connectivity index (χ0) is 32.5. The predicted molar refractivity (Wildman–Crippen MR) is 163 cm³/mol. The van der Waals surface area contributed by atoms with Crippen molar-refractivity contribution >= 4 is 35.2 Å². The van der Waals surface area contributed by atoms with Crippen molar-refractivity contribution in [3.63, 3.8) is 0 Å². The molecule has 1 rings (SSSR count). The van der Waals surface area contributed by atoms with Crippen LogP contribution in [0.15, 0.2) is 5.38 Å². The largest absolute Gasteiger partial charge is 0.461 e. The molecule has 0 aliphatic heterocycles. The van der Waals surface area contributed by atoms with Gasteiger partial charge in [0.25, 0.3) is 0 Å². The van der Waals surface area contributed by atoms with Crippen molar-refractivity contribution in [1.29, 1.82) is 0 Å². The highest BCUT2D eigenvalue weighted by molar-refractivity contribution is 7.09. The number of carbonyl (C=O) groups excluding carboxylic acids is 4. The van der Waals surface area contributed by atoms with Crippen molar-refractivity contribution < 1.29 is 33.8 Å². The third kappa shape index (κ3) is 10.5. The number of thiazole rings is 1. The van der Waals surface area contributed by atoms with E-state index in [9.17, 15) is 24.3 Å². The van der Waals surface area contributed by atoms with Crippen LogP contribution in [0.1, 0.15) is 104 Å². The van der Waals surface area contributed by atoms with Gasteiger partial charge in [-0.05, 0) is 45.4 Å². The summed E-state index contributed by atoms with van der Waals surface area (Å²) in [6, 6.07) is -2.10. The molecule has 0 spiro atoms. The third-order valence-electron chi connectivity index (χ3n) is 7.15. The number of aliphatic hydroxyl groups is 1. The second-order valence-corrected chi connectivity index (χ2v) is 13.3. The minimum atomic E-state index is -1.01. The van der Waals surface area contributed by atoms with E-state index in [1.807, 2.05) is 41.5 Å². The first-order valence-corrected chi connectivity index (χ1v) is 15.6. The summed E-state index contributed by atoms with van der Waals surface area (Å²) >= 11 is 1.16. The molecule has 0 aromatic carbocycles. The van der Waals surface area contributed by atoms with Crippen LogP contribution in [0.2, 0.25) is 0 Å². The first-order valence-electron chi connectivity index (χ1n) is 14.7. The summed E-state index contributed by atoms with van der Waals surface area (Å²) in [5.74, 6) is -1.77. The number of hydrogen-bond acceptors (Lipinski definition) is 9. The van der Waals surface area contributed by atoms with Crippen LogP contribution >= 0.6 is 11.3 Å². The molecule has 0 aliphatic rings. The zero-order valence-corrected chi connectivity index (χ0v) is 28.2. The Morgan fingerprint density at radius 3 is 2.10 bits per heavy atom. The maximum absolute atomic E-state index is 13.9. The van der Waals surface area contributed by atoms with Gasteiger partial charge in [0.15, 0.2) is 5.69 Å². The Balaban J connectivity index is 3.19. The highest BCUT2D eigenvalue weighted by Crippen LogP contribution is 2.28. The van der Waals surface area contributed by atoms with Crippen LogP contribution in [0, 0.1) is 17.8 Å². The number of rotatable bonds is 14. The van der Waals surface area contributed by atoms with E-state index in [4.69, 9.17) is 9.47 Å². The predicted octanol–water partition coefficient (Wildman–Crippen LogP) is 4.65.